The van der Waals surface area contributed by atoms with Crippen LogP contribution in [0.1, 0.15) is 19.8 Å². The minimum atomic E-state index is -0.845. The van der Waals surface area contributed by atoms with E-state index in [1.165, 1.54) is 11.8 Å². The molecule has 3 atom stereocenters. The number of carbonyl (C=O) groups excluding carboxylic acids is 1. The smallest absolute Gasteiger partial charge is 0.326 e. The highest BCUT2D eigenvalue weighted by atomic mass is 16.4. The molecule has 2 fully saturated rings. The van der Waals surface area contributed by atoms with E-state index in [9.17, 15) is 9.59 Å². The van der Waals surface area contributed by atoms with E-state index < -0.39 is 12.0 Å². The molecule has 1 saturated heterocycles. The standard InChI is InChI=1S/C9H13NO3/c1-5(11)10-4-6-2-3-7(6)8(10)9(12)13/h6-8H,2-4H2,1H3,(H,12,13)/t6-,7-,8-/m0/s1. The molecule has 0 aromatic carbocycles. The van der Waals surface area contributed by atoms with Gasteiger partial charge in [0.05, 0.1) is 0 Å². The molecule has 1 heterocycles. The molecule has 2 rings (SSSR count). The number of hydrogen-bond donors (Lipinski definition) is 1. The molecule has 4 heteroatoms. The first-order chi connectivity index (χ1) is 6.11. The van der Waals surface area contributed by atoms with Gasteiger partial charge in [-0.25, -0.2) is 4.79 Å². The highest BCUT2D eigenvalue weighted by Crippen LogP contribution is 2.44. The molecular weight excluding hydrogens is 170 g/mol. The second-order valence-electron chi connectivity index (χ2n) is 3.96. The van der Waals surface area contributed by atoms with Gasteiger partial charge in [-0.3, -0.25) is 4.79 Å². The van der Waals surface area contributed by atoms with Gasteiger partial charge < -0.3 is 10.0 Å². The number of carboxylic acid groups (broad SMARTS) is 1. The van der Waals surface area contributed by atoms with Crippen LogP contribution in [-0.4, -0.2) is 34.5 Å². The lowest BCUT2D eigenvalue weighted by atomic mass is 9.73. The zero-order valence-corrected chi connectivity index (χ0v) is 7.56. The van der Waals surface area contributed by atoms with Crippen molar-refractivity contribution < 1.29 is 14.7 Å². The Labute approximate surface area is 76.5 Å². The first-order valence-electron chi connectivity index (χ1n) is 4.61. The quantitative estimate of drug-likeness (QED) is 0.637. The molecule has 1 amide bonds. The summed E-state index contributed by atoms with van der Waals surface area (Å²) in [6.45, 7) is 2.09. The average molecular weight is 183 g/mol. The first-order valence-corrected chi connectivity index (χ1v) is 4.61. The molecule has 1 aliphatic carbocycles. The van der Waals surface area contributed by atoms with Crippen LogP contribution in [0.15, 0.2) is 0 Å². The molecule has 1 saturated carbocycles. The molecule has 72 valence electrons. The van der Waals surface area contributed by atoms with Gasteiger partial charge in [0.1, 0.15) is 6.04 Å². The van der Waals surface area contributed by atoms with Crippen molar-refractivity contribution >= 4 is 11.9 Å². The van der Waals surface area contributed by atoms with Crippen molar-refractivity contribution in [2.24, 2.45) is 11.8 Å². The van der Waals surface area contributed by atoms with E-state index >= 15 is 0 Å². The fraction of sp³-hybridized carbons (Fsp3) is 0.778. The van der Waals surface area contributed by atoms with Crippen molar-refractivity contribution in [3.05, 3.63) is 0 Å². The summed E-state index contributed by atoms with van der Waals surface area (Å²) in [5.41, 5.74) is 0. The Morgan fingerprint density at radius 3 is 2.46 bits per heavy atom. The summed E-state index contributed by atoms with van der Waals surface area (Å²) in [6, 6.07) is -0.545. The minimum Gasteiger partial charge on any atom is -0.480 e. The number of amides is 1. The van der Waals surface area contributed by atoms with E-state index in [4.69, 9.17) is 5.11 Å². The molecule has 2 aliphatic rings. The molecule has 0 bridgehead atoms. The predicted molar refractivity (Wildman–Crippen MR) is 45.0 cm³/mol. The Balaban J connectivity index is 2.19. The van der Waals surface area contributed by atoms with Crippen LogP contribution in [0.2, 0.25) is 0 Å². The van der Waals surface area contributed by atoms with Gasteiger partial charge in [0.15, 0.2) is 0 Å². The zero-order chi connectivity index (χ0) is 9.59. The molecule has 0 unspecified atom stereocenters. The fourth-order valence-electron chi connectivity index (χ4n) is 2.48. The lowest BCUT2D eigenvalue weighted by Crippen LogP contribution is -2.43. The van der Waals surface area contributed by atoms with Crippen molar-refractivity contribution in [3.8, 4) is 0 Å². The van der Waals surface area contributed by atoms with Crippen molar-refractivity contribution in [2.75, 3.05) is 6.54 Å². The van der Waals surface area contributed by atoms with Gasteiger partial charge in [-0.1, -0.05) is 0 Å². The van der Waals surface area contributed by atoms with Crippen molar-refractivity contribution in [2.45, 2.75) is 25.8 Å². The van der Waals surface area contributed by atoms with Crippen molar-refractivity contribution in [1.29, 1.82) is 0 Å². The van der Waals surface area contributed by atoms with E-state index in [0.29, 0.717) is 12.5 Å². The Kier molecular flexibility index (Phi) is 1.78. The van der Waals surface area contributed by atoms with E-state index in [1.54, 1.807) is 0 Å². The SMILES string of the molecule is CC(=O)N1C[C@@H]2CC[C@@H]2[C@H]1C(=O)O. The third-order valence-corrected chi connectivity index (χ3v) is 3.31. The molecule has 1 N–H and O–H groups in total. The highest BCUT2D eigenvalue weighted by molar-refractivity contribution is 5.83. The number of likely N-dealkylation sites (tertiary alicyclic amines) is 1. The summed E-state index contributed by atoms with van der Waals surface area (Å²) in [5, 5.41) is 8.96. The van der Waals surface area contributed by atoms with E-state index in [2.05, 4.69) is 0 Å². The van der Waals surface area contributed by atoms with Gasteiger partial charge in [0.2, 0.25) is 5.91 Å². The predicted octanol–water partition coefficient (Wildman–Crippen LogP) is 0.328. The van der Waals surface area contributed by atoms with Crippen LogP contribution in [0.25, 0.3) is 0 Å². The number of nitrogens with zero attached hydrogens (tertiary/aromatic N) is 1. The van der Waals surface area contributed by atoms with Crippen LogP contribution in [0, 0.1) is 11.8 Å². The topological polar surface area (TPSA) is 57.6 Å². The number of aliphatic carboxylic acids is 1. The average Bonchev–Trinajstić information content (AvgIpc) is 2.23. The van der Waals surface area contributed by atoms with E-state index in [1.807, 2.05) is 0 Å². The monoisotopic (exact) mass is 183 g/mol. The van der Waals surface area contributed by atoms with Gasteiger partial charge in [-0.05, 0) is 24.7 Å². The minimum absolute atomic E-state index is 0.109. The Hall–Kier alpha value is -1.06. The third-order valence-electron chi connectivity index (χ3n) is 3.31. The molecule has 0 aromatic heterocycles. The normalized spacial score (nSPS) is 36.7. The molecule has 0 radical (unpaired) electrons. The van der Waals surface area contributed by atoms with Crippen LogP contribution < -0.4 is 0 Å². The van der Waals surface area contributed by atoms with Crippen LogP contribution in [0.4, 0.5) is 0 Å². The van der Waals surface area contributed by atoms with Crippen LogP contribution >= 0.6 is 0 Å². The fourth-order valence-corrected chi connectivity index (χ4v) is 2.48. The number of hydrogen-bond acceptors (Lipinski definition) is 2. The van der Waals surface area contributed by atoms with E-state index in [-0.39, 0.29) is 11.8 Å². The van der Waals surface area contributed by atoms with E-state index in [0.717, 1.165) is 12.8 Å². The molecule has 0 spiro atoms. The lowest BCUT2D eigenvalue weighted by molar-refractivity contribution is -0.149. The maximum atomic E-state index is 11.1. The maximum absolute atomic E-state index is 11.1. The van der Waals surface area contributed by atoms with Crippen LogP contribution in [0.3, 0.4) is 0 Å². The number of carbonyl (C=O) groups is 2. The van der Waals surface area contributed by atoms with Gasteiger partial charge in [0, 0.05) is 13.5 Å². The molecule has 13 heavy (non-hydrogen) atoms. The summed E-state index contributed by atoms with van der Waals surface area (Å²) >= 11 is 0. The lowest BCUT2D eigenvalue weighted by Gasteiger charge is -2.31. The molecule has 0 aromatic rings. The highest BCUT2D eigenvalue weighted by Gasteiger charge is 2.51. The van der Waals surface area contributed by atoms with Crippen LogP contribution in [0.5, 0.6) is 0 Å². The summed E-state index contributed by atoms with van der Waals surface area (Å²) < 4.78 is 0. The summed E-state index contributed by atoms with van der Waals surface area (Å²) in [6.07, 6.45) is 2.05. The number of fused-ring (bicyclic) bond motifs is 1. The number of rotatable bonds is 1. The number of carboxylic acids is 1. The largest absolute Gasteiger partial charge is 0.480 e. The summed E-state index contributed by atoms with van der Waals surface area (Å²) in [5.74, 6) is -0.282. The van der Waals surface area contributed by atoms with Crippen molar-refractivity contribution in [3.63, 3.8) is 0 Å². The van der Waals surface area contributed by atoms with Gasteiger partial charge in [-0.2, -0.15) is 0 Å². The zero-order valence-electron chi connectivity index (χ0n) is 7.56. The molecule has 1 aliphatic heterocycles. The second kappa shape index (κ2) is 2.72. The third kappa shape index (κ3) is 1.12. The van der Waals surface area contributed by atoms with Gasteiger partial charge in [0.25, 0.3) is 0 Å². The van der Waals surface area contributed by atoms with Gasteiger partial charge >= 0.3 is 5.97 Å². The van der Waals surface area contributed by atoms with Crippen molar-refractivity contribution in [1.82, 2.24) is 4.90 Å². The Morgan fingerprint density at radius 2 is 2.08 bits per heavy atom. The Morgan fingerprint density at radius 1 is 1.38 bits per heavy atom. The molecular formula is C9H13NO3. The second-order valence-corrected chi connectivity index (χ2v) is 3.96. The first kappa shape index (κ1) is 8.53. The summed E-state index contributed by atoms with van der Waals surface area (Å²) in [4.78, 5) is 23.6. The molecule has 4 nitrogen and oxygen atoms in total. The maximum Gasteiger partial charge on any atom is 0.326 e. The van der Waals surface area contributed by atoms with Gasteiger partial charge in [-0.15, -0.1) is 0 Å². The van der Waals surface area contributed by atoms with Crippen LogP contribution in [-0.2, 0) is 9.59 Å². The Bertz CT molecular complexity index is 264. The summed E-state index contributed by atoms with van der Waals surface area (Å²) in [7, 11) is 0.